The molecule has 1 rings (SSSR count). The first-order valence-corrected chi connectivity index (χ1v) is 6.78. The van der Waals surface area contributed by atoms with Gasteiger partial charge in [0.1, 0.15) is 0 Å². The molecule has 0 atom stereocenters. The quantitative estimate of drug-likeness (QED) is 0.782. The monoisotopic (exact) mass is 223 g/mol. The lowest BCUT2D eigenvalue weighted by molar-refractivity contribution is 0.689. The fraction of sp³-hybridized carbons (Fsp3) is 0.538. The number of hydrogen-bond donors (Lipinski definition) is 1. The van der Waals surface area contributed by atoms with Crippen molar-refractivity contribution < 1.29 is 0 Å². The summed E-state index contributed by atoms with van der Waals surface area (Å²) in [6, 6.07) is 8.78. The second kappa shape index (κ2) is 6.78. The van der Waals surface area contributed by atoms with Crippen molar-refractivity contribution in [3.63, 3.8) is 0 Å². The van der Waals surface area contributed by atoms with E-state index in [4.69, 9.17) is 0 Å². The van der Waals surface area contributed by atoms with Crippen LogP contribution < -0.4 is 5.32 Å². The Balaban J connectivity index is 2.41. The van der Waals surface area contributed by atoms with Gasteiger partial charge in [-0.2, -0.15) is 11.8 Å². The normalized spacial score (nSPS) is 10.7. The fourth-order valence-corrected chi connectivity index (χ4v) is 1.89. The molecule has 0 spiro atoms. The molecular weight excluding hydrogens is 202 g/mol. The van der Waals surface area contributed by atoms with Crippen LogP contribution in [0.1, 0.15) is 26.3 Å². The van der Waals surface area contributed by atoms with E-state index in [2.05, 4.69) is 50.4 Å². The Bertz CT molecular complexity index is 266. The molecule has 0 saturated carbocycles. The van der Waals surface area contributed by atoms with E-state index in [1.165, 1.54) is 17.0 Å². The maximum absolute atomic E-state index is 3.42. The minimum atomic E-state index is 0.695. The molecule has 0 unspecified atom stereocenters. The van der Waals surface area contributed by atoms with Gasteiger partial charge in [-0.15, -0.1) is 0 Å². The van der Waals surface area contributed by atoms with Crippen LogP contribution in [-0.4, -0.2) is 12.3 Å². The van der Waals surface area contributed by atoms with Crippen molar-refractivity contribution in [1.82, 2.24) is 0 Å². The van der Waals surface area contributed by atoms with Gasteiger partial charge in [-0.1, -0.05) is 32.9 Å². The summed E-state index contributed by atoms with van der Waals surface area (Å²) in [5.41, 5.74) is 2.64. The molecule has 0 fully saturated rings. The average Bonchev–Trinajstić information content (AvgIpc) is 2.25. The molecule has 0 aliphatic carbocycles. The van der Waals surface area contributed by atoms with Crippen LogP contribution in [0.15, 0.2) is 24.3 Å². The number of anilines is 1. The van der Waals surface area contributed by atoms with Crippen molar-refractivity contribution >= 4 is 17.4 Å². The summed E-state index contributed by atoms with van der Waals surface area (Å²) in [6.45, 7) is 7.69. The van der Waals surface area contributed by atoms with Crippen molar-refractivity contribution in [2.75, 3.05) is 17.6 Å². The summed E-state index contributed by atoms with van der Waals surface area (Å²) in [6.07, 6.45) is 0. The summed E-state index contributed by atoms with van der Waals surface area (Å²) in [7, 11) is 0. The molecule has 0 bridgehead atoms. The molecular formula is C13H21NS. The number of hydrogen-bond acceptors (Lipinski definition) is 2. The van der Waals surface area contributed by atoms with E-state index in [1.54, 1.807) is 0 Å². The molecule has 1 aromatic carbocycles. The Kier molecular flexibility index (Phi) is 5.62. The van der Waals surface area contributed by atoms with Crippen LogP contribution >= 0.6 is 11.8 Å². The minimum Gasteiger partial charge on any atom is -0.385 e. The SMILES string of the molecule is CCSCc1ccc(NCC(C)C)cc1. The topological polar surface area (TPSA) is 12.0 Å². The van der Waals surface area contributed by atoms with Gasteiger partial charge in [0.2, 0.25) is 0 Å². The zero-order valence-corrected chi connectivity index (χ0v) is 10.7. The van der Waals surface area contributed by atoms with Gasteiger partial charge >= 0.3 is 0 Å². The lowest BCUT2D eigenvalue weighted by Gasteiger charge is -2.09. The van der Waals surface area contributed by atoms with Gasteiger partial charge in [-0.3, -0.25) is 0 Å². The highest BCUT2D eigenvalue weighted by atomic mass is 32.2. The Morgan fingerprint density at radius 1 is 1.20 bits per heavy atom. The Hall–Kier alpha value is -0.630. The molecule has 0 aliphatic heterocycles. The highest BCUT2D eigenvalue weighted by molar-refractivity contribution is 7.98. The van der Waals surface area contributed by atoms with Crippen molar-refractivity contribution in [2.24, 2.45) is 5.92 Å². The first-order chi connectivity index (χ1) is 7.22. The Morgan fingerprint density at radius 2 is 1.87 bits per heavy atom. The molecule has 0 aromatic heterocycles. The van der Waals surface area contributed by atoms with Crippen LogP contribution in [0.2, 0.25) is 0 Å². The summed E-state index contributed by atoms with van der Waals surface area (Å²) < 4.78 is 0. The van der Waals surface area contributed by atoms with Gasteiger partial charge in [0.25, 0.3) is 0 Å². The van der Waals surface area contributed by atoms with Crippen molar-refractivity contribution in [2.45, 2.75) is 26.5 Å². The van der Waals surface area contributed by atoms with Gasteiger partial charge < -0.3 is 5.32 Å². The van der Waals surface area contributed by atoms with Crippen LogP contribution in [0, 0.1) is 5.92 Å². The average molecular weight is 223 g/mol. The van der Waals surface area contributed by atoms with E-state index in [0.29, 0.717) is 5.92 Å². The van der Waals surface area contributed by atoms with Crippen LogP contribution in [0.25, 0.3) is 0 Å². The highest BCUT2D eigenvalue weighted by Crippen LogP contribution is 2.15. The fourth-order valence-electron chi connectivity index (χ4n) is 1.26. The van der Waals surface area contributed by atoms with E-state index in [0.717, 1.165) is 12.3 Å². The lowest BCUT2D eigenvalue weighted by atomic mass is 10.2. The van der Waals surface area contributed by atoms with E-state index in [1.807, 2.05) is 11.8 Å². The minimum absolute atomic E-state index is 0.695. The van der Waals surface area contributed by atoms with E-state index < -0.39 is 0 Å². The molecule has 0 heterocycles. The summed E-state index contributed by atoms with van der Waals surface area (Å²) >= 11 is 1.96. The predicted molar refractivity (Wildman–Crippen MR) is 71.6 cm³/mol. The smallest absolute Gasteiger partial charge is 0.0340 e. The standard InChI is InChI=1S/C13H21NS/c1-4-15-10-12-5-7-13(8-6-12)14-9-11(2)3/h5-8,11,14H,4,9-10H2,1-3H3. The summed E-state index contributed by atoms with van der Waals surface area (Å²) in [4.78, 5) is 0. The van der Waals surface area contributed by atoms with Gasteiger partial charge in [-0.25, -0.2) is 0 Å². The second-order valence-electron chi connectivity index (χ2n) is 4.11. The van der Waals surface area contributed by atoms with E-state index >= 15 is 0 Å². The largest absolute Gasteiger partial charge is 0.385 e. The molecule has 0 aliphatic rings. The second-order valence-corrected chi connectivity index (χ2v) is 5.38. The Morgan fingerprint density at radius 3 is 2.40 bits per heavy atom. The molecule has 0 amide bonds. The summed E-state index contributed by atoms with van der Waals surface area (Å²) in [5, 5.41) is 3.42. The van der Waals surface area contributed by atoms with Crippen LogP contribution in [0.3, 0.4) is 0 Å². The van der Waals surface area contributed by atoms with Crippen LogP contribution in [0.5, 0.6) is 0 Å². The predicted octanol–water partition coefficient (Wildman–Crippen LogP) is 4.01. The third kappa shape index (κ3) is 5.12. The first kappa shape index (κ1) is 12.4. The molecule has 15 heavy (non-hydrogen) atoms. The molecule has 0 saturated heterocycles. The molecule has 1 nitrogen and oxygen atoms in total. The lowest BCUT2D eigenvalue weighted by Crippen LogP contribution is -2.07. The molecule has 1 aromatic rings. The van der Waals surface area contributed by atoms with E-state index in [-0.39, 0.29) is 0 Å². The molecule has 1 N–H and O–H groups in total. The van der Waals surface area contributed by atoms with Crippen molar-refractivity contribution in [3.8, 4) is 0 Å². The molecule has 2 heteroatoms. The maximum atomic E-state index is 3.42. The van der Waals surface area contributed by atoms with Crippen molar-refractivity contribution in [1.29, 1.82) is 0 Å². The van der Waals surface area contributed by atoms with Gasteiger partial charge in [0.15, 0.2) is 0 Å². The van der Waals surface area contributed by atoms with E-state index in [9.17, 15) is 0 Å². The van der Waals surface area contributed by atoms with Gasteiger partial charge in [-0.05, 0) is 29.4 Å². The number of thioether (sulfide) groups is 1. The Labute approximate surface area is 97.7 Å². The zero-order chi connectivity index (χ0) is 11.1. The van der Waals surface area contributed by atoms with Gasteiger partial charge in [0.05, 0.1) is 0 Å². The first-order valence-electron chi connectivity index (χ1n) is 5.63. The number of rotatable bonds is 6. The third-order valence-corrected chi connectivity index (χ3v) is 3.09. The van der Waals surface area contributed by atoms with Crippen molar-refractivity contribution in [3.05, 3.63) is 29.8 Å². The molecule has 0 radical (unpaired) electrons. The number of benzene rings is 1. The van der Waals surface area contributed by atoms with Crippen LogP contribution in [-0.2, 0) is 5.75 Å². The highest BCUT2D eigenvalue weighted by Gasteiger charge is 1.96. The number of nitrogens with one attached hydrogen (secondary N) is 1. The van der Waals surface area contributed by atoms with Gasteiger partial charge in [0, 0.05) is 18.0 Å². The molecule has 84 valence electrons. The van der Waals surface area contributed by atoms with Crippen LogP contribution in [0.4, 0.5) is 5.69 Å². The third-order valence-electron chi connectivity index (χ3n) is 2.14. The summed E-state index contributed by atoms with van der Waals surface area (Å²) in [5.74, 6) is 3.01. The zero-order valence-electron chi connectivity index (χ0n) is 9.92. The maximum Gasteiger partial charge on any atom is 0.0340 e.